The van der Waals surface area contributed by atoms with E-state index in [9.17, 15) is 4.79 Å². The number of nitrogens with two attached hydrogens (primary N) is 1. The van der Waals surface area contributed by atoms with Gasteiger partial charge in [0.15, 0.2) is 0 Å². The summed E-state index contributed by atoms with van der Waals surface area (Å²) in [6.07, 6.45) is 4.79. The number of amides is 1. The lowest BCUT2D eigenvalue weighted by Crippen LogP contribution is -2.27. The quantitative estimate of drug-likeness (QED) is 0.788. The summed E-state index contributed by atoms with van der Waals surface area (Å²) >= 11 is 6.28. The normalized spacial score (nSPS) is 15.3. The number of ether oxygens (including phenoxy) is 1. The van der Waals surface area contributed by atoms with Crippen molar-refractivity contribution in [3.8, 4) is 5.75 Å². The van der Waals surface area contributed by atoms with Crippen molar-refractivity contribution in [3.05, 3.63) is 59.1 Å². The molecule has 1 saturated carbocycles. The van der Waals surface area contributed by atoms with Crippen molar-refractivity contribution in [1.29, 1.82) is 0 Å². The molecule has 0 spiro atoms. The number of hydrogen-bond donors (Lipinski definition) is 2. The fraction of sp³-hybridized carbons (Fsp3) is 0.316. The molecule has 1 aliphatic rings. The van der Waals surface area contributed by atoms with Gasteiger partial charge in [-0.15, -0.1) is 12.4 Å². The molecule has 1 fully saturated rings. The molecular formula is C19H22Cl2N2O2. The van der Waals surface area contributed by atoms with Crippen molar-refractivity contribution in [1.82, 2.24) is 0 Å². The van der Waals surface area contributed by atoms with Crippen LogP contribution in [0.1, 0.15) is 37.3 Å². The van der Waals surface area contributed by atoms with Crippen LogP contribution in [0.25, 0.3) is 0 Å². The lowest BCUT2D eigenvalue weighted by atomic mass is 10.1. The Kier molecular flexibility index (Phi) is 7.12. The second kappa shape index (κ2) is 9.09. The molecule has 0 saturated heterocycles. The van der Waals surface area contributed by atoms with Crippen LogP contribution in [0.4, 0.5) is 5.69 Å². The van der Waals surface area contributed by atoms with E-state index in [0.717, 1.165) is 18.4 Å². The van der Waals surface area contributed by atoms with E-state index < -0.39 is 6.04 Å². The van der Waals surface area contributed by atoms with Crippen LogP contribution in [0, 0.1) is 0 Å². The highest BCUT2D eigenvalue weighted by molar-refractivity contribution is 6.32. The monoisotopic (exact) mass is 380 g/mol. The minimum atomic E-state index is -0.723. The number of rotatable bonds is 5. The Bertz CT molecular complexity index is 704. The molecule has 25 heavy (non-hydrogen) atoms. The second-order valence-electron chi connectivity index (χ2n) is 6.05. The van der Waals surface area contributed by atoms with Crippen LogP contribution in [0.3, 0.4) is 0 Å². The molecule has 3 rings (SSSR count). The highest BCUT2D eigenvalue weighted by Crippen LogP contribution is 2.32. The van der Waals surface area contributed by atoms with Gasteiger partial charge in [-0.2, -0.15) is 0 Å². The predicted octanol–water partition coefficient (Wildman–Crippen LogP) is 4.72. The molecule has 0 aliphatic heterocycles. The molecule has 0 aromatic heterocycles. The predicted molar refractivity (Wildman–Crippen MR) is 104 cm³/mol. The maximum Gasteiger partial charge on any atom is 0.245 e. The first-order valence-electron chi connectivity index (χ1n) is 8.21. The van der Waals surface area contributed by atoms with E-state index >= 15 is 0 Å². The van der Waals surface area contributed by atoms with Crippen molar-refractivity contribution in [3.63, 3.8) is 0 Å². The summed E-state index contributed by atoms with van der Waals surface area (Å²) < 4.78 is 5.91. The Morgan fingerprint density at radius 3 is 2.48 bits per heavy atom. The van der Waals surface area contributed by atoms with Gasteiger partial charge >= 0.3 is 0 Å². The van der Waals surface area contributed by atoms with Crippen molar-refractivity contribution in [2.75, 3.05) is 5.32 Å². The molecule has 0 bridgehead atoms. The van der Waals surface area contributed by atoms with Gasteiger partial charge in [-0.25, -0.2) is 0 Å². The first-order chi connectivity index (χ1) is 11.6. The third kappa shape index (κ3) is 5.11. The van der Waals surface area contributed by atoms with Gasteiger partial charge in [0.25, 0.3) is 0 Å². The molecule has 1 unspecified atom stereocenters. The smallest absolute Gasteiger partial charge is 0.245 e. The van der Waals surface area contributed by atoms with Gasteiger partial charge in [0.05, 0.1) is 11.1 Å². The number of carbonyl (C=O) groups is 1. The Balaban J connectivity index is 0.00000225. The summed E-state index contributed by atoms with van der Waals surface area (Å²) in [6, 6.07) is 13.8. The molecule has 4 nitrogen and oxygen atoms in total. The summed E-state index contributed by atoms with van der Waals surface area (Å²) in [5.74, 6) is 0.385. The van der Waals surface area contributed by atoms with Crippen LogP contribution in [0.5, 0.6) is 5.75 Å². The molecule has 134 valence electrons. The van der Waals surface area contributed by atoms with Crippen LogP contribution in [-0.2, 0) is 4.79 Å². The van der Waals surface area contributed by atoms with Gasteiger partial charge in [-0.1, -0.05) is 41.9 Å². The van der Waals surface area contributed by atoms with E-state index in [1.807, 2.05) is 30.3 Å². The van der Waals surface area contributed by atoms with Crippen molar-refractivity contribution in [2.24, 2.45) is 5.73 Å². The van der Waals surface area contributed by atoms with Gasteiger partial charge in [0, 0.05) is 5.69 Å². The maximum atomic E-state index is 12.3. The lowest BCUT2D eigenvalue weighted by Gasteiger charge is -2.16. The van der Waals surface area contributed by atoms with Gasteiger partial charge in [-0.3, -0.25) is 4.79 Å². The maximum absolute atomic E-state index is 12.3. The highest BCUT2D eigenvalue weighted by Gasteiger charge is 2.19. The van der Waals surface area contributed by atoms with Gasteiger partial charge < -0.3 is 15.8 Å². The molecule has 6 heteroatoms. The highest BCUT2D eigenvalue weighted by atomic mass is 35.5. The molecular weight excluding hydrogens is 359 g/mol. The molecule has 3 N–H and O–H groups in total. The molecule has 1 atom stereocenters. The zero-order chi connectivity index (χ0) is 16.9. The largest absolute Gasteiger partial charge is 0.489 e. The summed E-state index contributed by atoms with van der Waals surface area (Å²) in [7, 11) is 0. The third-order valence-electron chi connectivity index (χ3n) is 4.24. The van der Waals surface area contributed by atoms with E-state index in [2.05, 4.69) is 5.32 Å². The number of hydrogen-bond acceptors (Lipinski definition) is 3. The van der Waals surface area contributed by atoms with Crippen LogP contribution in [-0.4, -0.2) is 12.0 Å². The van der Waals surface area contributed by atoms with E-state index in [4.69, 9.17) is 22.1 Å². The number of anilines is 1. The van der Waals surface area contributed by atoms with E-state index in [1.165, 1.54) is 12.8 Å². The number of halogens is 2. The fourth-order valence-electron chi connectivity index (χ4n) is 2.89. The molecule has 0 radical (unpaired) electrons. The van der Waals surface area contributed by atoms with Gasteiger partial charge in [0.2, 0.25) is 5.91 Å². The molecule has 2 aromatic carbocycles. The standard InChI is InChI=1S/C19H21ClN2O2.ClH/c20-16-12-14(10-11-17(16)24-15-8-4-5-9-15)22-19(23)18(21)13-6-2-1-3-7-13;/h1-3,6-7,10-12,15,18H,4-5,8-9,21H2,(H,22,23);1H. The lowest BCUT2D eigenvalue weighted by molar-refractivity contribution is -0.117. The summed E-state index contributed by atoms with van der Waals surface area (Å²) in [6.45, 7) is 0. The average Bonchev–Trinajstić information content (AvgIpc) is 3.10. The number of benzene rings is 2. The zero-order valence-corrected chi connectivity index (χ0v) is 15.4. The van der Waals surface area contributed by atoms with Crippen molar-refractivity contribution in [2.45, 2.75) is 37.8 Å². The molecule has 1 amide bonds. The summed E-state index contributed by atoms with van der Waals surface area (Å²) in [4.78, 5) is 12.3. The Labute approximate surface area is 159 Å². The van der Waals surface area contributed by atoms with Crippen LogP contribution >= 0.6 is 24.0 Å². The minimum Gasteiger partial charge on any atom is -0.489 e. The minimum absolute atomic E-state index is 0. The number of carbonyl (C=O) groups excluding carboxylic acids is 1. The summed E-state index contributed by atoms with van der Waals surface area (Å²) in [5.41, 5.74) is 7.37. The van der Waals surface area contributed by atoms with E-state index in [1.54, 1.807) is 18.2 Å². The average molecular weight is 381 g/mol. The van der Waals surface area contributed by atoms with Crippen LogP contribution < -0.4 is 15.8 Å². The second-order valence-corrected chi connectivity index (χ2v) is 6.45. The first-order valence-corrected chi connectivity index (χ1v) is 8.59. The SMILES string of the molecule is Cl.NC(C(=O)Nc1ccc(OC2CCCC2)c(Cl)c1)c1ccccc1. The Hall–Kier alpha value is -1.75. The Morgan fingerprint density at radius 2 is 1.84 bits per heavy atom. The number of nitrogens with one attached hydrogen (secondary N) is 1. The summed E-state index contributed by atoms with van der Waals surface area (Å²) in [5, 5.41) is 3.29. The molecule has 2 aromatic rings. The first kappa shape index (κ1) is 19.6. The third-order valence-corrected chi connectivity index (χ3v) is 4.53. The zero-order valence-electron chi connectivity index (χ0n) is 13.8. The van der Waals surface area contributed by atoms with Crippen molar-refractivity contribution >= 4 is 35.6 Å². The fourth-order valence-corrected chi connectivity index (χ4v) is 3.12. The van der Waals surface area contributed by atoms with E-state index in [0.29, 0.717) is 16.5 Å². The van der Waals surface area contributed by atoms with Gasteiger partial charge in [0.1, 0.15) is 11.8 Å². The molecule has 0 heterocycles. The van der Waals surface area contributed by atoms with Gasteiger partial charge in [-0.05, 0) is 49.4 Å². The van der Waals surface area contributed by atoms with Crippen molar-refractivity contribution < 1.29 is 9.53 Å². The van der Waals surface area contributed by atoms with Crippen LogP contribution in [0.15, 0.2) is 48.5 Å². The van der Waals surface area contributed by atoms with Crippen LogP contribution in [0.2, 0.25) is 5.02 Å². The Morgan fingerprint density at radius 1 is 1.16 bits per heavy atom. The van der Waals surface area contributed by atoms with E-state index in [-0.39, 0.29) is 24.4 Å². The molecule has 1 aliphatic carbocycles. The topological polar surface area (TPSA) is 64.4 Å².